The van der Waals surface area contributed by atoms with E-state index in [0.717, 1.165) is 4.90 Å². The van der Waals surface area contributed by atoms with Crippen LogP contribution in [0.15, 0.2) is 24.3 Å². The van der Waals surface area contributed by atoms with Crippen molar-refractivity contribution in [1.29, 1.82) is 5.26 Å². The van der Waals surface area contributed by atoms with Crippen molar-refractivity contribution >= 4 is 17.5 Å². The lowest BCUT2D eigenvalue weighted by Crippen LogP contribution is -2.52. The molecular formula is C12H11N3O2. The molecule has 5 heteroatoms. The molecule has 1 fully saturated rings. The lowest BCUT2D eigenvalue weighted by molar-refractivity contribution is -0.143. The number of carbonyl (C=O) groups is 2. The summed E-state index contributed by atoms with van der Waals surface area (Å²) in [4.78, 5) is 25.9. The Hall–Kier alpha value is -2.35. The summed E-state index contributed by atoms with van der Waals surface area (Å²) in [7, 11) is 1.47. The van der Waals surface area contributed by atoms with Gasteiger partial charge in [0.05, 0.1) is 24.3 Å². The first-order valence-corrected chi connectivity index (χ1v) is 5.17. The zero-order valence-electron chi connectivity index (χ0n) is 9.38. The van der Waals surface area contributed by atoms with Gasteiger partial charge in [0.15, 0.2) is 0 Å². The molecule has 0 atom stereocenters. The van der Waals surface area contributed by atoms with E-state index in [1.54, 1.807) is 29.2 Å². The van der Waals surface area contributed by atoms with Crippen molar-refractivity contribution in [3.8, 4) is 6.07 Å². The molecule has 2 amide bonds. The van der Waals surface area contributed by atoms with Crippen molar-refractivity contribution in [3.63, 3.8) is 0 Å². The van der Waals surface area contributed by atoms with Gasteiger partial charge in [-0.1, -0.05) is 12.1 Å². The molecule has 0 unspecified atom stereocenters. The van der Waals surface area contributed by atoms with Gasteiger partial charge in [0.2, 0.25) is 11.8 Å². The van der Waals surface area contributed by atoms with Gasteiger partial charge in [0, 0.05) is 7.05 Å². The van der Waals surface area contributed by atoms with E-state index in [1.165, 1.54) is 7.05 Å². The molecule has 1 saturated heterocycles. The summed E-state index contributed by atoms with van der Waals surface area (Å²) in [5, 5.41) is 8.98. The summed E-state index contributed by atoms with van der Waals surface area (Å²) in [5.41, 5.74) is 1.10. The highest BCUT2D eigenvalue weighted by molar-refractivity contribution is 6.02. The molecule has 1 aromatic carbocycles. The number of piperazine rings is 1. The Labute approximate surface area is 98.9 Å². The van der Waals surface area contributed by atoms with Crippen LogP contribution in [0.5, 0.6) is 0 Å². The van der Waals surface area contributed by atoms with Crippen molar-refractivity contribution in [3.05, 3.63) is 29.8 Å². The smallest absolute Gasteiger partial charge is 0.248 e. The highest BCUT2D eigenvalue weighted by atomic mass is 16.2. The molecule has 2 rings (SSSR count). The average Bonchev–Trinajstić information content (AvgIpc) is 2.35. The Kier molecular flexibility index (Phi) is 2.79. The summed E-state index contributed by atoms with van der Waals surface area (Å²) in [6.07, 6.45) is 0. The van der Waals surface area contributed by atoms with E-state index in [1.807, 2.05) is 0 Å². The molecule has 0 radical (unpaired) electrons. The van der Waals surface area contributed by atoms with E-state index in [-0.39, 0.29) is 24.9 Å². The number of benzene rings is 1. The van der Waals surface area contributed by atoms with Gasteiger partial charge in [0.1, 0.15) is 6.07 Å². The molecular weight excluding hydrogens is 218 g/mol. The van der Waals surface area contributed by atoms with E-state index >= 15 is 0 Å². The summed E-state index contributed by atoms with van der Waals surface area (Å²) < 4.78 is 0. The maximum absolute atomic E-state index is 11.6. The fourth-order valence-corrected chi connectivity index (χ4v) is 1.75. The molecule has 1 aliphatic rings. The van der Waals surface area contributed by atoms with E-state index in [9.17, 15) is 9.59 Å². The molecule has 1 aromatic rings. The minimum atomic E-state index is -0.256. The number of carbonyl (C=O) groups excluding carboxylic acids is 2. The minimum absolute atomic E-state index is 0.126. The summed E-state index contributed by atoms with van der Waals surface area (Å²) in [6, 6.07) is 9.00. The first-order chi connectivity index (χ1) is 8.13. The maximum Gasteiger partial charge on any atom is 0.248 e. The van der Waals surface area contributed by atoms with Crippen LogP contribution >= 0.6 is 0 Å². The van der Waals surface area contributed by atoms with Crippen LogP contribution in [0.1, 0.15) is 5.56 Å². The minimum Gasteiger partial charge on any atom is -0.352 e. The second kappa shape index (κ2) is 4.26. The Bertz CT molecular complexity index is 501. The standard InChI is InChI=1S/C12H11N3O2/c1-14-11(16)7-15(8-12(14)17)10-5-3-2-4-9(10)6-13/h2-5H,7-8H2,1H3. The number of nitriles is 1. The van der Waals surface area contributed by atoms with Gasteiger partial charge < -0.3 is 4.90 Å². The Morgan fingerprint density at radius 1 is 1.18 bits per heavy atom. The van der Waals surface area contributed by atoms with E-state index < -0.39 is 0 Å². The van der Waals surface area contributed by atoms with Gasteiger partial charge in [-0.2, -0.15) is 5.26 Å². The maximum atomic E-state index is 11.6. The predicted octanol–water partition coefficient (Wildman–Crippen LogP) is 0.363. The Morgan fingerprint density at radius 3 is 2.35 bits per heavy atom. The van der Waals surface area contributed by atoms with Crippen LogP contribution in [0.2, 0.25) is 0 Å². The van der Waals surface area contributed by atoms with Crippen LogP contribution in [0.4, 0.5) is 5.69 Å². The lowest BCUT2D eigenvalue weighted by atomic mass is 10.1. The average molecular weight is 229 g/mol. The van der Waals surface area contributed by atoms with E-state index in [0.29, 0.717) is 11.3 Å². The van der Waals surface area contributed by atoms with Gasteiger partial charge >= 0.3 is 0 Å². The van der Waals surface area contributed by atoms with E-state index in [2.05, 4.69) is 6.07 Å². The fourth-order valence-electron chi connectivity index (χ4n) is 1.75. The van der Waals surface area contributed by atoms with Crippen molar-refractivity contribution in [2.24, 2.45) is 0 Å². The number of anilines is 1. The number of imide groups is 1. The lowest BCUT2D eigenvalue weighted by Gasteiger charge is -2.32. The normalized spacial score (nSPS) is 16.0. The number of para-hydroxylation sites is 1. The van der Waals surface area contributed by atoms with Crippen LogP contribution < -0.4 is 4.90 Å². The summed E-state index contributed by atoms with van der Waals surface area (Å²) in [6.45, 7) is 0.252. The molecule has 1 heterocycles. The Morgan fingerprint density at radius 2 is 1.76 bits per heavy atom. The third-order valence-electron chi connectivity index (χ3n) is 2.77. The van der Waals surface area contributed by atoms with Gasteiger partial charge in [-0.15, -0.1) is 0 Å². The second-order valence-electron chi connectivity index (χ2n) is 3.83. The highest BCUT2D eigenvalue weighted by Crippen LogP contribution is 2.21. The van der Waals surface area contributed by atoms with Crippen LogP contribution in [0.3, 0.4) is 0 Å². The molecule has 17 heavy (non-hydrogen) atoms. The van der Waals surface area contributed by atoms with Crippen LogP contribution in [0.25, 0.3) is 0 Å². The first kappa shape index (κ1) is 11.1. The molecule has 86 valence electrons. The van der Waals surface area contributed by atoms with Crippen LogP contribution in [-0.2, 0) is 9.59 Å². The topological polar surface area (TPSA) is 64.4 Å². The highest BCUT2D eigenvalue weighted by Gasteiger charge is 2.28. The fraction of sp³-hybridized carbons (Fsp3) is 0.250. The van der Waals surface area contributed by atoms with Gasteiger partial charge in [-0.3, -0.25) is 14.5 Å². The molecule has 5 nitrogen and oxygen atoms in total. The number of amides is 2. The second-order valence-corrected chi connectivity index (χ2v) is 3.83. The van der Waals surface area contributed by atoms with Gasteiger partial charge in [0.25, 0.3) is 0 Å². The summed E-state index contributed by atoms with van der Waals surface area (Å²) >= 11 is 0. The largest absolute Gasteiger partial charge is 0.352 e. The number of likely N-dealkylation sites (N-methyl/N-ethyl adjacent to an activating group) is 1. The SMILES string of the molecule is CN1C(=O)CN(c2ccccc2C#N)CC1=O. The molecule has 0 aliphatic carbocycles. The molecule has 0 N–H and O–H groups in total. The van der Waals surface area contributed by atoms with Crippen molar-refractivity contribution in [2.45, 2.75) is 0 Å². The molecule has 0 aromatic heterocycles. The number of nitrogens with zero attached hydrogens (tertiary/aromatic N) is 3. The molecule has 0 bridgehead atoms. The van der Waals surface area contributed by atoms with Gasteiger partial charge in [-0.05, 0) is 12.1 Å². The zero-order chi connectivity index (χ0) is 12.4. The number of hydrogen-bond donors (Lipinski definition) is 0. The third kappa shape index (κ3) is 1.97. The van der Waals surface area contributed by atoms with Crippen LogP contribution in [-0.4, -0.2) is 36.9 Å². The number of rotatable bonds is 1. The van der Waals surface area contributed by atoms with Gasteiger partial charge in [-0.25, -0.2) is 0 Å². The van der Waals surface area contributed by atoms with Crippen LogP contribution in [0, 0.1) is 11.3 Å². The quantitative estimate of drug-likeness (QED) is 0.652. The molecule has 1 aliphatic heterocycles. The zero-order valence-corrected chi connectivity index (χ0v) is 9.38. The Balaban J connectivity index is 2.33. The molecule has 0 spiro atoms. The third-order valence-corrected chi connectivity index (χ3v) is 2.77. The van der Waals surface area contributed by atoms with E-state index in [4.69, 9.17) is 5.26 Å². The number of hydrogen-bond acceptors (Lipinski definition) is 4. The summed E-state index contributed by atoms with van der Waals surface area (Å²) in [5.74, 6) is -0.511. The first-order valence-electron chi connectivity index (χ1n) is 5.17. The van der Waals surface area contributed by atoms with Crippen molar-refractivity contribution in [1.82, 2.24) is 4.90 Å². The monoisotopic (exact) mass is 229 g/mol. The molecule has 0 saturated carbocycles. The predicted molar refractivity (Wildman–Crippen MR) is 61.1 cm³/mol. The van der Waals surface area contributed by atoms with Crippen molar-refractivity contribution < 1.29 is 9.59 Å². The van der Waals surface area contributed by atoms with Crippen molar-refractivity contribution in [2.75, 3.05) is 25.0 Å².